The highest BCUT2D eigenvalue weighted by Gasteiger charge is 2.35. The average molecular weight is 384 g/mol. The van der Waals surface area contributed by atoms with Crippen molar-refractivity contribution in [3.63, 3.8) is 0 Å². The number of benzene rings is 1. The number of nitrogens with zero attached hydrogens (tertiary/aromatic N) is 4. The molecule has 0 bridgehead atoms. The van der Waals surface area contributed by atoms with Crippen molar-refractivity contribution in [3.8, 4) is 11.1 Å². The number of hydrogen-bond acceptors (Lipinski definition) is 4. The standard InChI is InChI=1S/C21H22F2N4O/c1-14-17(13-26(2)25-14)15-5-8-24-20(11-15)27-9-6-21(28,7-10-27)16-3-4-18(22)19(23)12-16/h3-5,8,11-13,28H,6-7,9-10H2,1-2H3. The van der Waals surface area contributed by atoms with Gasteiger partial charge in [-0.2, -0.15) is 5.10 Å². The quantitative estimate of drug-likeness (QED) is 0.750. The smallest absolute Gasteiger partial charge is 0.159 e. The van der Waals surface area contributed by atoms with Crippen LogP contribution in [0.4, 0.5) is 14.6 Å². The minimum absolute atomic E-state index is 0.413. The number of hydrogen-bond donors (Lipinski definition) is 1. The van der Waals surface area contributed by atoms with Crippen molar-refractivity contribution < 1.29 is 13.9 Å². The monoisotopic (exact) mass is 384 g/mol. The van der Waals surface area contributed by atoms with Gasteiger partial charge in [-0.1, -0.05) is 6.07 Å². The fraction of sp³-hybridized carbons (Fsp3) is 0.333. The van der Waals surface area contributed by atoms with Crippen LogP contribution in [0.2, 0.25) is 0 Å². The van der Waals surface area contributed by atoms with E-state index in [4.69, 9.17) is 0 Å². The Labute approximate surface area is 162 Å². The van der Waals surface area contributed by atoms with E-state index in [-0.39, 0.29) is 0 Å². The Hall–Kier alpha value is -2.80. The number of pyridine rings is 1. The molecule has 28 heavy (non-hydrogen) atoms. The summed E-state index contributed by atoms with van der Waals surface area (Å²) in [5.41, 5.74) is 2.30. The van der Waals surface area contributed by atoms with E-state index in [2.05, 4.69) is 15.0 Å². The molecule has 4 rings (SSSR count). The van der Waals surface area contributed by atoms with E-state index in [1.54, 1.807) is 10.9 Å². The van der Waals surface area contributed by atoms with Gasteiger partial charge in [0.15, 0.2) is 11.6 Å². The Bertz CT molecular complexity index is 1010. The van der Waals surface area contributed by atoms with Gasteiger partial charge in [-0.25, -0.2) is 13.8 Å². The lowest BCUT2D eigenvalue weighted by Crippen LogP contribution is -2.43. The molecule has 1 aliphatic heterocycles. The summed E-state index contributed by atoms with van der Waals surface area (Å²) < 4.78 is 28.6. The Morgan fingerprint density at radius 2 is 1.82 bits per heavy atom. The maximum atomic E-state index is 13.6. The molecule has 1 aliphatic rings. The van der Waals surface area contributed by atoms with Gasteiger partial charge in [-0.05, 0) is 55.2 Å². The summed E-state index contributed by atoms with van der Waals surface area (Å²) in [7, 11) is 1.89. The molecule has 2 aromatic heterocycles. The third kappa shape index (κ3) is 3.38. The van der Waals surface area contributed by atoms with Crippen molar-refractivity contribution in [2.45, 2.75) is 25.4 Å². The summed E-state index contributed by atoms with van der Waals surface area (Å²) in [5.74, 6) is -1.01. The predicted molar refractivity (Wildman–Crippen MR) is 103 cm³/mol. The SMILES string of the molecule is Cc1nn(C)cc1-c1ccnc(N2CCC(O)(c3ccc(F)c(F)c3)CC2)c1. The Kier molecular flexibility index (Phi) is 4.63. The van der Waals surface area contributed by atoms with Crippen LogP contribution < -0.4 is 4.90 Å². The minimum atomic E-state index is -1.16. The molecule has 0 saturated carbocycles. The van der Waals surface area contributed by atoms with Crippen LogP contribution in [0.15, 0.2) is 42.7 Å². The molecule has 0 aliphatic carbocycles. The zero-order chi connectivity index (χ0) is 19.9. The maximum absolute atomic E-state index is 13.6. The van der Waals surface area contributed by atoms with Crippen molar-refractivity contribution >= 4 is 5.82 Å². The molecular weight excluding hydrogens is 362 g/mol. The van der Waals surface area contributed by atoms with Crippen LogP contribution in [0.5, 0.6) is 0 Å². The zero-order valence-electron chi connectivity index (χ0n) is 15.9. The van der Waals surface area contributed by atoms with Gasteiger partial charge in [0, 0.05) is 38.1 Å². The van der Waals surface area contributed by atoms with Gasteiger partial charge >= 0.3 is 0 Å². The van der Waals surface area contributed by atoms with Crippen LogP contribution in [-0.4, -0.2) is 33.0 Å². The molecular formula is C21H22F2N4O. The Morgan fingerprint density at radius 3 is 2.46 bits per heavy atom. The molecule has 146 valence electrons. The second-order valence-electron chi connectivity index (χ2n) is 7.35. The number of aryl methyl sites for hydroxylation is 2. The number of anilines is 1. The van der Waals surface area contributed by atoms with Crippen molar-refractivity contribution in [3.05, 3.63) is 65.6 Å². The molecule has 1 aromatic carbocycles. The third-order valence-corrected chi connectivity index (χ3v) is 5.44. The summed E-state index contributed by atoms with van der Waals surface area (Å²) >= 11 is 0. The first-order valence-electron chi connectivity index (χ1n) is 9.25. The highest BCUT2D eigenvalue weighted by molar-refractivity contribution is 5.68. The van der Waals surface area contributed by atoms with Crippen molar-refractivity contribution in [2.24, 2.45) is 7.05 Å². The Balaban J connectivity index is 1.53. The number of aromatic nitrogens is 3. The van der Waals surface area contributed by atoms with E-state index >= 15 is 0 Å². The molecule has 0 amide bonds. The fourth-order valence-electron chi connectivity index (χ4n) is 3.82. The van der Waals surface area contributed by atoms with Gasteiger partial charge in [-0.15, -0.1) is 0 Å². The molecule has 3 heterocycles. The largest absolute Gasteiger partial charge is 0.385 e. The molecule has 1 fully saturated rings. The minimum Gasteiger partial charge on any atom is -0.385 e. The van der Waals surface area contributed by atoms with Crippen molar-refractivity contribution in [1.82, 2.24) is 14.8 Å². The molecule has 3 aromatic rings. The van der Waals surface area contributed by atoms with Gasteiger partial charge in [0.1, 0.15) is 5.82 Å². The average Bonchev–Trinajstić information content (AvgIpc) is 3.03. The second kappa shape index (κ2) is 6.98. The van der Waals surface area contributed by atoms with Crippen LogP contribution in [-0.2, 0) is 12.6 Å². The maximum Gasteiger partial charge on any atom is 0.159 e. The molecule has 0 atom stereocenters. The lowest BCUT2D eigenvalue weighted by molar-refractivity contribution is 0.0113. The Morgan fingerprint density at radius 1 is 1.07 bits per heavy atom. The van der Waals surface area contributed by atoms with Gasteiger partial charge in [-0.3, -0.25) is 4.68 Å². The lowest BCUT2D eigenvalue weighted by Gasteiger charge is -2.39. The van der Waals surface area contributed by atoms with Crippen LogP contribution in [0.25, 0.3) is 11.1 Å². The molecule has 5 nitrogen and oxygen atoms in total. The lowest BCUT2D eigenvalue weighted by atomic mass is 9.84. The van der Waals surface area contributed by atoms with Crippen LogP contribution in [0.1, 0.15) is 24.1 Å². The highest BCUT2D eigenvalue weighted by atomic mass is 19.2. The summed E-state index contributed by atoms with van der Waals surface area (Å²) in [6, 6.07) is 7.59. The summed E-state index contributed by atoms with van der Waals surface area (Å²) in [4.78, 5) is 6.58. The number of rotatable bonds is 3. The van der Waals surface area contributed by atoms with E-state index in [9.17, 15) is 13.9 Å². The van der Waals surface area contributed by atoms with Gasteiger partial charge in [0.25, 0.3) is 0 Å². The number of piperidine rings is 1. The second-order valence-corrected chi connectivity index (χ2v) is 7.35. The highest BCUT2D eigenvalue weighted by Crippen LogP contribution is 2.35. The molecule has 1 N–H and O–H groups in total. The first-order valence-corrected chi connectivity index (χ1v) is 9.25. The van der Waals surface area contributed by atoms with Crippen LogP contribution in [0, 0.1) is 18.6 Å². The first kappa shape index (κ1) is 18.6. The van der Waals surface area contributed by atoms with E-state index < -0.39 is 17.2 Å². The van der Waals surface area contributed by atoms with Crippen molar-refractivity contribution in [2.75, 3.05) is 18.0 Å². The third-order valence-electron chi connectivity index (χ3n) is 5.44. The molecule has 0 radical (unpaired) electrons. The van der Waals surface area contributed by atoms with E-state index in [1.165, 1.54) is 6.07 Å². The van der Waals surface area contributed by atoms with Gasteiger partial charge in [0.05, 0.1) is 11.3 Å². The number of halogens is 2. The molecule has 7 heteroatoms. The van der Waals surface area contributed by atoms with Crippen molar-refractivity contribution in [1.29, 1.82) is 0 Å². The van der Waals surface area contributed by atoms with E-state index in [1.807, 2.05) is 32.3 Å². The van der Waals surface area contributed by atoms with Crippen LogP contribution in [0.3, 0.4) is 0 Å². The van der Waals surface area contributed by atoms with Gasteiger partial charge in [0.2, 0.25) is 0 Å². The first-order chi connectivity index (χ1) is 13.4. The summed E-state index contributed by atoms with van der Waals surface area (Å²) in [6.45, 7) is 3.11. The summed E-state index contributed by atoms with van der Waals surface area (Å²) in [5, 5.41) is 15.3. The van der Waals surface area contributed by atoms with Crippen LogP contribution >= 0.6 is 0 Å². The normalized spacial score (nSPS) is 16.4. The van der Waals surface area contributed by atoms with E-state index in [0.717, 1.165) is 34.8 Å². The predicted octanol–water partition coefficient (Wildman–Crippen LogP) is 3.56. The van der Waals surface area contributed by atoms with Gasteiger partial charge < -0.3 is 10.0 Å². The number of aliphatic hydroxyl groups is 1. The zero-order valence-corrected chi connectivity index (χ0v) is 15.9. The topological polar surface area (TPSA) is 54.2 Å². The molecule has 0 spiro atoms. The molecule has 1 saturated heterocycles. The van der Waals surface area contributed by atoms with E-state index in [0.29, 0.717) is 31.5 Å². The fourth-order valence-corrected chi connectivity index (χ4v) is 3.82. The molecule has 0 unspecified atom stereocenters. The summed E-state index contributed by atoms with van der Waals surface area (Å²) in [6.07, 6.45) is 4.57.